The molecule has 146 valence electrons. The second-order valence-electron chi connectivity index (χ2n) is 7.67. The van der Waals surface area contributed by atoms with Gasteiger partial charge < -0.3 is 14.1 Å². The monoisotopic (exact) mass is 372 g/mol. The Morgan fingerprint density at radius 3 is 2.78 bits per heavy atom. The third-order valence-corrected chi connectivity index (χ3v) is 5.53. The maximum absolute atomic E-state index is 13.2. The van der Waals surface area contributed by atoms with Crippen molar-refractivity contribution in [3.8, 4) is 0 Å². The van der Waals surface area contributed by atoms with Gasteiger partial charge in [0.05, 0.1) is 38.0 Å². The number of aromatic nitrogens is 2. The number of hydrogen-bond acceptors (Lipinski definition) is 5. The molecule has 2 fully saturated rings. The Morgan fingerprint density at radius 2 is 2.15 bits per heavy atom. The highest BCUT2D eigenvalue weighted by Gasteiger charge is 2.36. The smallest absolute Gasteiger partial charge is 0.237 e. The molecule has 2 aromatic rings. The Morgan fingerprint density at radius 1 is 1.33 bits per heavy atom. The number of nitrogens with zero attached hydrogens (tertiary/aromatic N) is 3. The van der Waals surface area contributed by atoms with E-state index in [2.05, 4.69) is 15.1 Å². The fourth-order valence-corrected chi connectivity index (χ4v) is 3.95. The first kappa shape index (κ1) is 18.3. The van der Waals surface area contributed by atoms with E-state index in [0.717, 1.165) is 47.9 Å². The minimum Gasteiger partial charge on any atom is -0.464 e. The molecule has 0 bridgehead atoms. The zero-order valence-electron chi connectivity index (χ0n) is 16.3. The van der Waals surface area contributed by atoms with Crippen LogP contribution in [0.4, 0.5) is 0 Å². The zero-order chi connectivity index (χ0) is 19.0. The molecule has 1 saturated heterocycles. The van der Waals surface area contributed by atoms with Gasteiger partial charge in [0.15, 0.2) is 0 Å². The number of aryl methyl sites for hydroxylation is 3. The molecule has 0 radical (unpaired) electrons. The van der Waals surface area contributed by atoms with E-state index in [9.17, 15) is 4.79 Å². The summed E-state index contributed by atoms with van der Waals surface area (Å²) in [5, 5.41) is 7.38. The molecule has 7 nitrogen and oxygen atoms in total. The van der Waals surface area contributed by atoms with Crippen LogP contribution in [0.5, 0.6) is 0 Å². The van der Waals surface area contributed by atoms with Crippen LogP contribution in [0.25, 0.3) is 0 Å². The van der Waals surface area contributed by atoms with Gasteiger partial charge in [0.1, 0.15) is 11.5 Å². The van der Waals surface area contributed by atoms with Gasteiger partial charge in [-0.2, -0.15) is 5.10 Å². The Labute approximate surface area is 159 Å². The number of hydrogen-bond donors (Lipinski definition) is 1. The summed E-state index contributed by atoms with van der Waals surface area (Å²) in [6.07, 6.45) is 2.16. The van der Waals surface area contributed by atoms with Crippen molar-refractivity contribution >= 4 is 5.91 Å². The number of furan rings is 1. The molecule has 27 heavy (non-hydrogen) atoms. The number of rotatable bonds is 6. The molecule has 1 saturated carbocycles. The van der Waals surface area contributed by atoms with Gasteiger partial charge in [-0.1, -0.05) is 0 Å². The van der Waals surface area contributed by atoms with Gasteiger partial charge >= 0.3 is 0 Å². The average molecular weight is 372 g/mol. The van der Waals surface area contributed by atoms with E-state index < -0.39 is 0 Å². The first-order valence-electron chi connectivity index (χ1n) is 9.71. The van der Waals surface area contributed by atoms with Crippen molar-refractivity contribution in [2.75, 3.05) is 26.3 Å². The maximum Gasteiger partial charge on any atom is 0.237 e. The number of H-pyrrole nitrogens is 1. The number of amides is 1. The minimum absolute atomic E-state index is 0.0633. The maximum atomic E-state index is 13.2. The van der Waals surface area contributed by atoms with E-state index in [1.807, 2.05) is 37.8 Å². The molecular formula is C20H28N4O3. The van der Waals surface area contributed by atoms with E-state index in [4.69, 9.17) is 9.15 Å². The summed E-state index contributed by atoms with van der Waals surface area (Å²) in [6, 6.07) is 4.33. The summed E-state index contributed by atoms with van der Waals surface area (Å²) < 4.78 is 11.4. The number of morpholine rings is 1. The lowest BCUT2D eigenvalue weighted by atomic mass is 10.0. The lowest BCUT2D eigenvalue weighted by molar-refractivity contribution is -0.136. The lowest BCUT2D eigenvalue weighted by Gasteiger charge is -2.36. The van der Waals surface area contributed by atoms with Crippen molar-refractivity contribution < 1.29 is 13.9 Å². The first-order chi connectivity index (χ1) is 13.0. The van der Waals surface area contributed by atoms with Gasteiger partial charge in [0.2, 0.25) is 5.91 Å². The molecule has 1 aliphatic heterocycles. The van der Waals surface area contributed by atoms with Crippen LogP contribution in [-0.4, -0.2) is 58.2 Å². The fourth-order valence-electron chi connectivity index (χ4n) is 3.95. The summed E-state index contributed by atoms with van der Waals surface area (Å²) >= 11 is 0. The topological polar surface area (TPSA) is 74.6 Å². The largest absolute Gasteiger partial charge is 0.464 e. The first-order valence-corrected chi connectivity index (χ1v) is 9.71. The number of nitrogens with one attached hydrogen (secondary N) is 1. The standard InChI is InChI=1S/C20H28N4O3/c1-13-4-7-17(27-13)10-24(16-5-6-16)19(25)11-23-8-9-26-12-18(23)20-14(2)21-22-15(20)3/h4,7,16,18H,5-6,8-12H2,1-3H3,(H,21,22)/t18-/m1/s1. The zero-order valence-corrected chi connectivity index (χ0v) is 16.3. The van der Waals surface area contributed by atoms with E-state index in [0.29, 0.717) is 32.3 Å². The summed E-state index contributed by atoms with van der Waals surface area (Å²) in [5.41, 5.74) is 3.18. The van der Waals surface area contributed by atoms with Crippen molar-refractivity contribution in [1.82, 2.24) is 20.0 Å². The van der Waals surface area contributed by atoms with Crippen LogP contribution in [0.2, 0.25) is 0 Å². The Balaban J connectivity index is 1.49. The van der Waals surface area contributed by atoms with Crippen LogP contribution >= 0.6 is 0 Å². The van der Waals surface area contributed by atoms with Crippen LogP contribution in [-0.2, 0) is 16.1 Å². The Hall–Kier alpha value is -2.12. The van der Waals surface area contributed by atoms with Crippen LogP contribution in [0.3, 0.4) is 0 Å². The van der Waals surface area contributed by atoms with E-state index in [1.165, 1.54) is 0 Å². The molecule has 1 N–H and O–H groups in total. The van der Waals surface area contributed by atoms with Gasteiger partial charge in [-0.05, 0) is 45.7 Å². The highest BCUT2D eigenvalue weighted by atomic mass is 16.5. The molecular weight excluding hydrogens is 344 g/mol. The van der Waals surface area contributed by atoms with Crippen molar-refractivity contribution in [3.63, 3.8) is 0 Å². The Kier molecular flexibility index (Phi) is 5.06. The second kappa shape index (κ2) is 7.48. The molecule has 1 atom stereocenters. The van der Waals surface area contributed by atoms with Crippen LogP contribution in [0.1, 0.15) is 47.4 Å². The third-order valence-electron chi connectivity index (χ3n) is 5.53. The molecule has 1 amide bonds. The summed E-state index contributed by atoms with van der Waals surface area (Å²) in [6.45, 7) is 8.91. The predicted octanol–water partition coefficient (Wildman–Crippen LogP) is 2.49. The quantitative estimate of drug-likeness (QED) is 0.843. The SMILES string of the molecule is Cc1ccc(CN(C(=O)CN2CCOC[C@@H]2c2c(C)n[nH]c2C)C2CC2)o1. The molecule has 7 heteroatoms. The van der Waals surface area contributed by atoms with Crippen LogP contribution in [0.15, 0.2) is 16.5 Å². The number of ether oxygens (including phenoxy) is 1. The van der Waals surface area contributed by atoms with Gasteiger partial charge in [-0.15, -0.1) is 0 Å². The van der Waals surface area contributed by atoms with E-state index in [-0.39, 0.29) is 11.9 Å². The van der Waals surface area contributed by atoms with Gasteiger partial charge in [0, 0.05) is 23.8 Å². The highest BCUT2D eigenvalue weighted by molar-refractivity contribution is 5.79. The summed E-state index contributed by atoms with van der Waals surface area (Å²) in [5.74, 6) is 1.90. The fraction of sp³-hybridized carbons (Fsp3) is 0.600. The van der Waals surface area contributed by atoms with Crippen LogP contribution < -0.4 is 0 Å². The molecule has 2 aliphatic rings. The molecule has 4 rings (SSSR count). The number of carbonyl (C=O) groups is 1. The second-order valence-corrected chi connectivity index (χ2v) is 7.67. The molecule has 3 heterocycles. The molecule has 0 aromatic carbocycles. The van der Waals surface area contributed by atoms with Crippen LogP contribution in [0, 0.1) is 20.8 Å². The normalized spacial score (nSPS) is 20.8. The van der Waals surface area contributed by atoms with Gasteiger partial charge in [-0.3, -0.25) is 14.8 Å². The van der Waals surface area contributed by atoms with E-state index in [1.54, 1.807) is 0 Å². The van der Waals surface area contributed by atoms with Crippen molar-refractivity contribution in [2.24, 2.45) is 0 Å². The average Bonchev–Trinajstić information content (AvgIpc) is 3.32. The van der Waals surface area contributed by atoms with Crippen molar-refractivity contribution in [1.29, 1.82) is 0 Å². The number of aromatic amines is 1. The minimum atomic E-state index is 0.0633. The molecule has 0 unspecified atom stereocenters. The Bertz CT molecular complexity index is 789. The summed E-state index contributed by atoms with van der Waals surface area (Å²) in [7, 11) is 0. The molecule has 1 aliphatic carbocycles. The highest BCUT2D eigenvalue weighted by Crippen LogP contribution is 2.31. The van der Waals surface area contributed by atoms with Gasteiger partial charge in [0.25, 0.3) is 0 Å². The molecule has 2 aromatic heterocycles. The van der Waals surface area contributed by atoms with E-state index >= 15 is 0 Å². The lowest BCUT2D eigenvalue weighted by Crippen LogP contribution is -2.47. The van der Waals surface area contributed by atoms with Crippen molar-refractivity contribution in [3.05, 3.63) is 40.6 Å². The van der Waals surface area contributed by atoms with Crippen molar-refractivity contribution in [2.45, 2.75) is 52.2 Å². The van der Waals surface area contributed by atoms with Gasteiger partial charge in [-0.25, -0.2) is 0 Å². The molecule has 0 spiro atoms. The predicted molar refractivity (Wildman–Crippen MR) is 100 cm³/mol. The summed E-state index contributed by atoms with van der Waals surface area (Å²) in [4.78, 5) is 17.4. The third kappa shape index (κ3) is 3.94. The number of carbonyl (C=O) groups excluding carboxylic acids is 1.